The third-order valence-electron chi connectivity index (χ3n) is 6.41. The van der Waals surface area contributed by atoms with Gasteiger partial charge in [0.25, 0.3) is 0 Å². The fourth-order valence-electron chi connectivity index (χ4n) is 4.57. The molecule has 12 heteroatoms. The van der Waals surface area contributed by atoms with Crippen LogP contribution in [-0.4, -0.2) is 24.0 Å². The first-order valence-corrected chi connectivity index (χ1v) is 11.6. The van der Waals surface area contributed by atoms with Crippen molar-refractivity contribution >= 4 is 5.97 Å². The van der Waals surface area contributed by atoms with Gasteiger partial charge in [-0.3, -0.25) is 4.90 Å². The molecule has 2 aromatic carbocycles. The Labute approximate surface area is 212 Å². The Balaban J connectivity index is 2.08. The number of rotatable bonds is 5. The molecule has 208 valence electrons. The van der Waals surface area contributed by atoms with Gasteiger partial charge in [0.05, 0.1) is 23.3 Å². The molecule has 38 heavy (non-hydrogen) atoms. The van der Waals surface area contributed by atoms with E-state index in [4.69, 9.17) is 4.74 Å². The van der Waals surface area contributed by atoms with E-state index in [1.165, 1.54) is 30.0 Å². The van der Waals surface area contributed by atoms with Crippen LogP contribution in [0.4, 0.5) is 39.5 Å². The SMILES string of the molecule is CCOC(=O)/C=C1/CCN(C(C)c2cc(C(F)(F)F)ccc2C(F)(F)F)C(c2ccc(C(F)(F)F)cc2)C1. The number of ether oxygens (including phenoxy) is 1. The van der Waals surface area contributed by atoms with Crippen LogP contribution in [0.15, 0.2) is 54.1 Å². The molecule has 0 amide bonds. The van der Waals surface area contributed by atoms with Crippen molar-refractivity contribution in [2.45, 2.75) is 57.3 Å². The van der Waals surface area contributed by atoms with E-state index in [1.807, 2.05) is 0 Å². The molecule has 2 unspecified atom stereocenters. The summed E-state index contributed by atoms with van der Waals surface area (Å²) in [4.78, 5) is 13.5. The average molecular weight is 553 g/mol. The summed E-state index contributed by atoms with van der Waals surface area (Å²) in [5, 5.41) is 0. The maximum Gasteiger partial charge on any atom is 0.416 e. The monoisotopic (exact) mass is 553 g/mol. The van der Waals surface area contributed by atoms with Gasteiger partial charge in [0, 0.05) is 24.7 Å². The minimum absolute atomic E-state index is 0.0334. The lowest BCUT2D eigenvalue weighted by Crippen LogP contribution is -2.37. The highest BCUT2D eigenvalue weighted by Crippen LogP contribution is 2.45. The number of piperidine rings is 1. The second-order valence-corrected chi connectivity index (χ2v) is 8.86. The number of hydrogen-bond donors (Lipinski definition) is 0. The molecule has 1 saturated heterocycles. The number of likely N-dealkylation sites (tertiary alicyclic amines) is 1. The maximum atomic E-state index is 13.8. The van der Waals surface area contributed by atoms with Gasteiger partial charge in [-0.15, -0.1) is 0 Å². The Morgan fingerprint density at radius 2 is 1.53 bits per heavy atom. The number of hydrogen-bond acceptors (Lipinski definition) is 3. The van der Waals surface area contributed by atoms with Gasteiger partial charge in [-0.05, 0) is 68.1 Å². The van der Waals surface area contributed by atoms with E-state index < -0.39 is 58.8 Å². The van der Waals surface area contributed by atoms with E-state index >= 15 is 0 Å². The van der Waals surface area contributed by atoms with Crippen molar-refractivity contribution in [3.63, 3.8) is 0 Å². The van der Waals surface area contributed by atoms with Gasteiger partial charge in [0.2, 0.25) is 0 Å². The van der Waals surface area contributed by atoms with Crippen LogP contribution >= 0.6 is 0 Å². The lowest BCUT2D eigenvalue weighted by Gasteiger charge is -2.42. The molecule has 3 rings (SSSR count). The highest BCUT2D eigenvalue weighted by molar-refractivity contribution is 5.82. The topological polar surface area (TPSA) is 29.5 Å². The minimum atomic E-state index is -4.94. The molecule has 0 saturated carbocycles. The molecule has 0 radical (unpaired) electrons. The number of carbonyl (C=O) groups excluding carboxylic acids is 1. The molecule has 1 fully saturated rings. The Bertz CT molecular complexity index is 1170. The van der Waals surface area contributed by atoms with Gasteiger partial charge in [-0.2, -0.15) is 39.5 Å². The normalized spacial score (nSPS) is 19.4. The summed E-state index contributed by atoms with van der Waals surface area (Å²) in [5.74, 6) is -0.646. The third-order valence-corrected chi connectivity index (χ3v) is 6.41. The smallest absolute Gasteiger partial charge is 0.416 e. The fraction of sp³-hybridized carbons (Fsp3) is 0.423. The number of benzene rings is 2. The molecule has 1 aliphatic rings. The average Bonchev–Trinajstić information content (AvgIpc) is 2.82. The second kappa shape index (κ2) is 11.0. The zero-order valence-corrected chi connectivity index (χ0v) is 20.3. The van der Waals surface area contributed by atoms with Gasteiger partial charge in [0.15, 0.2) is 0 Å². The molecule has 1 heterocycles. The zero-order chi connectivity index (χ0) is 28.5. The predicted molar refractivity (Wildman–Crippen MR) is 120 cm³/mol. The summed E-state index contributed by atoms with van der Waals surface area (Å²) in [7, 11) is 0. The zero-order valence-electron chi connectivity index (χ0n) is 20.3. The molecule has 0 aliphatic carbocycles. The third kappa shape index (κ3) is 6.89. The molecule has 3 nitrogen and oxygen atoms in total. The van der Waals surface area contributed by atoms with E-state index in [0.717, 1.165) is 12.1 Å². The predicted octanol–water partition coefficient (Wildman–Crippen LogP) is 8.13. The number of esters is 1. The summed E-state index contributed by atoms with van der Waals surface area (Å²) in [6, 6.07) is 3.19. The number of alkyl halides is 9. The summed E-state index contributed by atoms with van der Waals surface area (Å²) < 4.78 is 126. The van der Waals surface area contributed by atoms with Crippen molar-refractivity contribution in [1.29, 1.82) is 0 Å². The molecule has 0 aromatic heterocycles. The lowest BCUT2D eigenvalue weighted by molar-refractivity contribution is -0.142. The number of halogens is 9. The van der Waals surface area contributed by atoms with Crippen molar-refractivity contribution in [3.8, 4) is 0 Å². The molecular weight excluding hydrogens is 529 g/mol. The highest BCUT2D eigenvalue weighted by atomic mass is 19.4. The van der Waals surface area contributed by atoms with Gasteiger partial charge in [-0.25, -0.2) is 4.79 Å². The lowest BCUT2D eigenvalue weighted by atomic mass is 9.87. The van der Waals surface area contributed by atoms with Crippen LogP contribution in [0.5, 0.6) is 0 Å². The van der Waals surface area contributed by atoms with E-state index in [2.05, 4.69) is 0 Å². The van der Waals surface area contributed by atoms with Crippen LogP contribution < -0.4 is 0 Å². The maximum absolute atomic E-state index is 13.8. The van der Waals surface area contributed by atoms with Crippen LogP contribution in [0, 0.1) is 0 Å². The molecule has 0 N–H and O–H groups in total. The molecule has 2 aromatic rings. The molecule has 0 spiro atoms. The molecule has 0 bridgehead atoms. The Morgan fingerprint density at radius 3 is 2.05 bits per heavy atom. The van der Waals surface area contributed by atoms with E-state index in [-0.39, 0.29) is 26.0 Å². The van der Waals surface area contributed by atoms with Crippen LogP contribution in [0.3, 0.4) is 0 Å². The Morgan fingerprint density at radius 1 is 0.947 bits per heavy atom. The van der Waals surface area contributed by atoms with Crippen molar-refractivity contribution in [3.05, 3.63) is 81.9 Å². The largest absolute Gasteiger partial charge is 0.463 e. The van der Waals surface area contributed by atoms with Crippen molar-refractivity contribution in [2.24, 2.45) is 0 Å². The van der Waals surface area contributed by atoms with Gasteiger partial charge in [0.1, 0.15) is 0 Å². The Kier molecular flexibility index (Phi) is 8.55. The van der Waals surface area contributed by atoms with Crippen LogP contribution in [0.2, 0.25) is 0 Å². The van der Waals surface area contributed by atoms with Crippen LogP contribution in [0.1, 0.15) is 66.6 Å². The van der Waals surface area contributed by atoms with Gasteiger partial charge in [-0.1, -0.05) is 17.7 Å². The van der Waals surface area contributed by atoms with E-state index in [9.17, 15) is 44.3 Å². The standard InChI is InChI=1S/C26H24F9NO2/c1-3-38-23(37)13-16-10-11-36(22(12-16)17-4-6-18(7-5-17)24(27,28)29)15(2)20-14-19(25(30,31)32)8-9-21(20)26(33,34)35/h4-9,13-15,22H,3,10-12H2,1-2H3/b16-13-. The van der Waals surface area contributed by atoms with Crippen molar-refractivity contribution < 1.29 is 49.0 Å². The first-order valence-electron chi connectivity index (χ1n) is 11.6. The van der Waals surface area contributed by atoms with Gasteiger partial charge < -0.3 is 4.74 Å². The van der Waals surface area contributed by atoms with Crippen LogP contribution in [0.25, 0.3) is 0 Å². The van der Waals surface area contributed by atoms with Crippen molar-refractivity contribution in [1.82, 2.24) is 4.90 Å². The van der Waals surface area contributed by atoms with E-state index in [1.54, 1.807) is 6.92 Å². The molecular formula is C26H24F9NO2. The summed E-state index contributed by atoms with van der Waals surface area (Å²) in [6.07, 6.45) is -13.0. The summed E-state index contributed by atoms with van der Waals surface area (Å²) in [6.45, 7) is 3.05. The second-order valence-electron chi connectivity index (χ2n) is 8.86. The summed E-state index contributed by atoms with van der Waals surface area (Å²) in [5.41, 5.74) is -3.18. The number of carbonyl (C=O) groups is 1. The highest BCUT2D eigenvalue weighted by Gasteiger charge is 2.41. The number of nitrogens with zero attached hydrogens (tertiary/aromatic N) is 1. The fourth-order valence-corrected chi connectivity index (χ4v) is 4.57. The first kappa shape index (κ1) is 29.5. The first-order chi connectivity index (χ1) is 17.5. The Hall–Kier alpha value is -3.02. The van der Waals surface area contributed by atoms with E-state index in [0.29, 0.717) is 29.3 Å². The minimum Gasteiger partial charge on any atom is -0.463 e. The van der Waals surface area contributed by atoms with Crippen molar-refractivity contribution in [2.75, 3.05) is 13.2 Å². The quantitative estimate of drug-likeness (QED) is 0.213. The van der Waals surface area contributed by atoms with Gasteiger partial charge >= 0.3 is 24.5 Å². The molecule has 1 aliphatic heterocycles. The molecule has 2 atom stereocenters. The van der Waals surface area contributed by atoms with Crippen LogP contribution in [-0.2, 0) is 28.1 Å². The summed E-state index contributed by atoms with van der Waals surface area (Å²) >= 11 is 0.